The number of nitrogens with two attached hydrogens (primary N) is 3. The van der Waals surface area contributed by atoms with Gasteiger partial charge in [0.05, 0.1) is 52.8 Å². The average Bonchev–Trinajstić information content (AvgIpc) is 0.834. The number of methoxy groups -OCH3 is 2. The van der Waals surface area contributed by atoms with Crippen LogP contribution in [-0.2, 0) is 78.6 Å². The fourth-order valence-electron chi connectivity index (χ4n) is 12.4. The van der Waals surface area contributed by atoms with Crippen molar-refractivity contribution in [2.24, 2.45) is 22.2 Å². The summed E-state index contributed by atoms with van der Waals surface area (Å²) >= 11 is 0. The normalized spacial score (nSPS) is 11.7. The molecule has 8 aromatic rings. The number of ether oxygens (including phenoxy) is 6. The molecule has 0 radical (unpaired) electrons. The number of carboxylic acids is 3. The number of hydrogen-bond acceptors (Lipinski definition) is 26. The fourth-order valence-corrected chi connectivity index (χ4v) is 12.4. The van der Waals surface area contributed by atoms with Crippen LogP contribution in [0.4, 0.5) is 14.4 Å². The van der Waals surface area contributed by atoms with Gasteiger partial charge in [0.15, 0.2) is 5.90 Å². The molecule has 0 aliphatic carbocycles. The number of pyridine rings is 4. The van der Waals surface area contributed by atoms with Gasteiger partial charge in [-0.25, -0.2) is 33.6 Å². The molecule has 0 aliphatic rings. The molecule has 43 heteroatoms. The first kappa shape index (κ1) is 126. The standard InChI is InChI=1S/C24H31N3O6.C23H29N3O6.C20H24N4O4.C18H21N3O4.C11H22N2O4.C4H9NO.2ClH/c1-24(2,3)33-23(31)25-14-8-13-19(22(30)32-4)26-20(28)18-12-9-15-27(21(18)29)16-17-10-6-5-7-11-17;1-23(2,3)32-22(31)24-13-7-12-18(21(29)30)25-19(27)17-11-8-14-26(20(17)28)15-16-9-5-4-6-10-16;1-14(21)22-11-5-10-17(20(27)28)23-18(25)16-9-6-12-24(19(16)26)13-15-7-3-2-4-8-15;19-10-4-9-15(18(24)25)20-16(22)14-8-5-11-21(17(14)23)12-13-6-2-1-3-7-13;1-11(2,3)17-10(15)13-7-5-6-8(12)9(14)16-4;1-3-6-4(2)5;;/h5-7,9-12,15,19H,8,13-14,16H2,1-4H3,(H,25,31)(H,26,28);4-6,8-11,14,18H,7,12-13,15H2,1-3H3,(H,24,31)(H,25,27)(H,29,30);2-4,6-9,12,17H,5,10-11,13H2,1H3,(H2,21,22)(H,23,25)(H,27,28);1-3,5-8,11,15H,4,9-10,12,19H2,(H,20,22)(H,24,25);8H,5-7,12H2,1-4H3,(H,13,15);5H,3H2,1-2H3;2*1H/t19-;18-;17-;15-;8-;;;/m00000.../s1. The first-order valence-electron chi connectivity index (χ1n) is 45.4. The van der Waals surface area contributed by atoms with Crippen molar-refractivity contribution in [3.63, 3.8) is 0 Å². The number of carbonyl (C=O) groups is 12. The van der Waals surface area contributed by atoms with Gasteiger partial charge in [-0.2, -0.15) is 0 Å². The van der Waals surface area contributed by atoms with Gasteiger partial charge in [-0.15, -0.1) is 24.8 Å². The predicted molar refractivity (Wildman–Crippen MR) is 545 cm³/mol. The number of amides is 7. The monoisotopic (exact) mass is 2030 g/mol. The van der Waals surface area contributed by atoms with E-state index < -0.39 is 141 Å². The average molecular weight is 2040 g/mol. The third-order valence-electron chi connectivity index (χ3n) is 19.1. The molecule has 5 atom stereocenters. The van der Waals surface area contributed by atoms with Crippen LogP contribution < -0.4 is 76.7 Å². The number of carboxylic acid groups (broad SMARTS) is 3. The Kier molecular flexibility index (Phi) is 58.9. The highest BCUT2D eigenvalue weighted by atomic mass is 35.5. The van der Waals surface area contributed by atoms with Crippen molar-refractivity contribution in [3.05, 3.63) is 281 Å². The van der Waals surface area contributed by atoms with Gasteiger partial charge in [-0.1, -0.05) is 121 Å². The van der Waals surface area contributed by atoms with Crippen molar-refractivity contribution in [3.8, 4) is 0 Å². The Morgan fingerprint density at radius 1 is 0.392 bits per heavy atom. The smallest absolute Gasteiger partial charge is 0.407 e. The van der Waals surface area contributed by atoms with E-state index in [4.69, 9.17) is 41.6 Å². The molecule has 0 spiro atoms. The van der Waals surface area contributed by atoms with E-state index in [1.807, 2.05) is 128 Å². The van der Waals surface area contributed by atoms with Crippen LogP contribution in [0.25, 0.3) is 0 Å². The lowest BCUT2D eigenvalue weighted by molar-refractivity contribution is -0.143. The Hall–Kier alpha value is -14.8. The molecule has 782 valence electrons. The summed E-state index contributed by atoms with van der Waals surface area (Å²) in [5.74, 6) is -6.75. The van der Waals surface area contributed by atoms with E-state index in [-0.39, 0.29) is 91.7 Å². The number of rotatable bonds is 41. The van der Waals surface area contributed by atoms with Crippen molar-refractivity contribution in [2.75, 3.05) is 53.6 Å². The molecular weight excluding hydrogens is 1900 g/mol. The summed E-state index contributed by atoms with van der Waals surface area (Å²) in [6.07, 6.45) is 8.03. The minimum Gasteiger partial charge on any atom is -0.482 e. The SMILES string of the molecule is CC(C)(C)OC(=O)NCCC[C@H](NC(=O)c1cccn(Cc2ccccc2)c1=O)C(=O)O.CC(N)=NCCC[C@H](NC(=O)c1cccn(Cc2ccccc2)c1=O)C(=O)O.CCOC(C)=N.COC(=O)[C@@H](N)CCCNC(=O)OC(C)(C)C.COC(=O)[C@H](CCCNC(=O)OC(C)(C)C)NC(=O)c1cccn(Cc2ccccc2)c1=O.Cl.Cl.NCCC[C@H](NC(=O)c1cccn(Cc2ccccc2)c1=O)C(=O)O. The molecule has 8 rings (SSSR count). The van der Waals surface area contributed by atoms with Gasteiger partial charge < -0.3 is 116 Å². The van der Waals surface area contributed by atoms with Crippen molar-refractivity contribution in [1.29, 1.82) is 5.41 Å². The van der Waals surface area contributed by atoms with E-state index in [9.17, 15) is 92.0 Å². The summed E-state index contributed by atoms with van der Waals surface area (Å²) in [4.78, 5) is 197. The molecule has 4 aromatic carbocycles. The van der Waals surface area contributed by atoms with E-state index in [2.05, 4.69) is 51.7 Å². The summed E-state index contributed by atoms with van der Waals surface area (Å²) in [5, 5.41) is 52.1. The second-order valence-electron chi connectivity index (χ2n) is 34.4. The number of nitrogens with zero attached hydrogens (tertiary/aromatic N) is 5. The number of aliphatic imine (C=N–C) groups is 1. The highest BCUT2D eigenvalue weighted by Crippen LogP contribution is 2.14. The number of nitrogens with one attached hydrogen (secondary N) is 8. The van der Waals surface area contributed by atoms with Crippen LogP contribution in [0.1, 0.15) is 211 Å². The summed E-state index contributed by atoms with van der Waals surface area (Å²) in [6.45, 7) is 24.4. The predicted octanol–water partition coefficient (Wildman–Crippen LogP) is 9.57. The van der Waals surface area contributed by atoms with E-state index in [0.717, 1.165) is 22.3 Å². The second kappa shape index (κ2) is 66.7. The molecule has 41 nitrogen and oxygen atoms in total. The third-order valence-corrected chi connectivity index (χ3v) is 19.1. The van der Waals surface area contributed by atoms with Crippen LogP contribution in [0.5, 0.6) is 0 Å². The molecular formula is C100H138Cl2N16O25. The van der Waals surface area contributed by atoms with Gasteiger partial charge in [0.1, 0.15) is 69.3 Å². The number of aromatic nitrogens is 4. The van der Waals surface area contributed by atoms with E-state index in [0.29, 0.717) is 96.8 Å². The number of benzene rings is 4. The summed E-state index contributed by atoms with van der Waals surface area (Å²) in [5.41, 5.74) is 15.9. The Morgan fingerprint density at radius 2 is 0.650 bits per heavy atom. The zero-order chi connectivity index (χ0) is 105. The van der Waals surface area contributed by atoms with Crippen molar-refractivity contribution < 1.29 is 101 Å². The minimum atomic E-state index is -1.23. The van der Waals surface area contributed by atoms with Gasteiger partial charge in [0, 0.05) is 57.9 Å². The molecule has 0 saturated carbocycles. The second-order valence-corrected chi connectivity index (χ2v) is 34.4. The van der Waals surface area contributed by atoms with Crippen LogP contribution in [0.2, 0.25) is 0 Å². The maximum absolute atomic E-state index is 12.8. The van der Waals surface area contributed by atoms with E-state index >= 15 is 0 Å². The summed E-state index contributed by atoms with van der Waals surface area (Å²) in [7, 11) is 2.51. The van der Waals surface area contributed by atoms with Crippen molar-refractivity contribution in [1.82, 2.24) is 55.5 Å². The quantitative estimate of drug-likeness (QED) is 0.00557. The van der Waals surface area contributed by atoms with Crippen LogP contribution in [0, 0.1) is 5.41 Å². The largest absolute Gasteiger partial charge is 0.482 e. The van der Waals surface area contributed by atoms with Gasteiger partial charge >= 0.3 is 48.1 Å². The Bertz CT molecular complexity index is 5630. The molecule has 0 saturated heterocycles. The third kappa shape index (κ3) is 52.3. The first-order chi connectivity index (χ1) is 66.6. The maximum atomic E-state index is 12.8. The van der Waals surface area contributed by atoms with Crippen LogP contribution >= 0.6 is 24.8 Å². The fraction of sp³-hybridized carbons (Fsp3) is 0.420. The molecule has 0 unspecified atom stereocenters. The zero-order valence-corrected chi connectivity index (χ0v) is 84.7. The minimum absolute atomic E-state index is 0. The van der Waals surface area contributed by atoms with Gasteiger partial charge in [-0.05, 0) is 218 Å². The first-order valence-corrected chi connectivity index (χ1v) is 45.4. The summed E-state index contributed by atoms with van der Waals surface area (Å²) in [6, 6.07) is 44.4. The maximum Gasteiger partial charge on any atom is 0.407 e. The lowest BCUT2D eigenvalue weighted by Gasteiger charge is -2.20. The Morgan fingerprint density at radius 3 is 0.888 bits per heavy atom. The topological polar surface area (TPSA) is 607 Å². The number of esters is 2. The Labute approximate surface area is 842 Å². The van der Waals surface area contributed by atoms with Crippen LogP contribution in [-0.4, -0.2) is 218 Å². The van der Waals surface area contributed by atoms with Gasteiger partial charge in [0.25, 0.3) is 45.9 Å². The Balaban J connectivity index is 0.000000888. The molecule has 0 bridgehead atoms. The lowest BCUT2D eigenvalue weighted by Crippen LogP contribution is -2.44. The molecule has 143 heavy (non-hydrogen) atoms. The molecule has 7 amide bonds. The van der Waals surface area contributed by atoms with Crippen molar-refractivity contribution in [2.45, 2.75) is 220 Å². The number of amidine groups is 1. The molecule has 4 heterocycles. The lowest BCUT2D eigenvalue weighted by atomic mass is 10.1. The zero-order valence-electron chi connectivity index (χ0n) is 83.1. The molecule has 0 aliphatic heterocycles. The number of carbonyl (C=O) groups excluding carboxylic acids is 9. The van der Waals surface area contributed by atoms with Gasteiger partial charge in [0.2, 0.25) is 0 Å². The molecule has 17 N–H and O–H groups in total. The number of alkyl carbamates (subject to hydrolysis) is 3. The number of halogens is 2. The highest BCUT2D eigenvalue weighted by molar-refractivity contribution is 5.98. The highest BCUT2D eigenvalue weighted by Gasteiger charge is 2.29. The van der Waals surface area contributed by atoms with E-state index in [1.54, 1.807) is 125 Å². The number of aliphatic carboxylic acids is 3. The number of hydrogen-bond donors (Lipinski definition) is 14. The molecule has 4 aromatic heterocycles. The van der Waals surface area contributed by atoms with Crippen LogP contribution in [0.3, 0.4) is 0 Å². The van der Waals surface area contributed by atoms with Crippen molar-refractivity contribution >= 4 is 108 Å². The molecule has 0 fully saturated rings. The van der Waals surface area contributed by atoms with Crippen LogP contribution in [0.15, 0.2) is 219 Å². The van der Waals surface area contributed by atoms with E-state index in [1.165, 1.54) is 56.8 Å². The summed E-state index contributed by atoms with van der Waals surface area (Å²) < 4.78 is 34.8. The van der Waals surface area contributed by atoms with Gasteiger partial charge in [-0.3, -0.25) is 53.6 Å².